The molecule has 6 nitrogen and oxygen atoms in total. The van der Waals surface area contributed by atoms with Crippen molar-refractivity contribution in [1.82, 2.24) is 9.80 Å². The van der Waals surface area contributed by atoms with Crippen molar-refractivity contribution >= 4 is 22.6 Å². The zero-order valence-corrected chi connectivity index (χ0v) is 16.5. The Morgan fingerprint density at radius 3 is 2.33 bits per heavy atom. The van der Waals surface area contributed by atoms with Crippen molar-refractivity contribution in [3.8, 4) is 11.5 Å². The van der Waals surface area contributed by atoms with Gasteiger partial charge in [0.25, 0.3) is 11.8 Å². The van der Waals surface area contributed by atoms with Crippen molar-refractivity contribution in [2.45, 2.75) is 6.42 Å². The first-order valence-electron chi connectivity index (χ1n) is 10.2. The van der Waals surface area contributed by atoms with E-state index in [0.29, 0.717) is 48.8 Å². The van der Waals surface area contributed by atoms with Gasteiger partial charge in [0.15, 0.2) is 11.5 Å². The summed E-state index contributed by atoms with van der Waals surface area (Å²) in [5.74, 6) is 1.23. The third-order valence-corrected chi connectivity index (χ3v) is 5.71. The first kappa shape index (κ1) is 18.5. The summed E-state index contributed by atoms with van der Waals surface area (Å²) in [7, 11) is 0. The van der Waals surface area contributed by atoms with E-state index < -0.39 is 0 Å². The van der Waals surface area contributed by atoms with Gasteiger partial charge >= 0.3 is 0 Å². The van der Waals surface area contributed by atoms with Crippen LogP contribution < -0.4 is 9.47 Å². The zero-order valence-electron chi connectivity index (χ0n) is 16.5. The molecule has 6 heteroatoms. The van der Waals surface area contributed by atoms with E-state index in [1.165, 1.54) is 0 Å². The number of carbonyl (C=O) groups is 2. The van der Waals surface area contributed by atoms with Crippen molar-refractivity contribution in [3.63, 3.8) is 0 Å². The summed E-state index contributed by atoms with van der Waals surface area (Å²) in [5.41, 5.74) is 1.29. The van der Waals surface area contributed by atoms with Crippen LogP contribution in [0.1, 0.15) is 27.1 Å². The Morgan fingerprint density at radius 1 is 0.733 bits per heavy atom. The standard InChI is InChI=1S/C24H22N2O4/c27-23(18-9-10-21-22(15-18)30-16-29-21)25-11-4-12-26(14-13-25)24(28)20-8-3-6-17-5-1-2-7-19(17)20/h1-3,5-10,15H,4,11-14,16H2. The summed E-state index contributed by atoms with van der Waals surface area (Å²) >= 11 is 0. The zero-order chi connectivity index (χ0) is 20.5. The Morgan fingerprint density at radius 2 is 1.47 bits per heavy atom. The highest BCUT2D eigenvalue weighted by Gasteiger charge is 2.25. The quantitative estimate of drug-likeness (QED) is 0.658. The van der Waals surface area contributed by atoms with Crippen molar-refractivity contribution in [3.05, 3.63) is 71.8 Å². The molecule has 0 aromatic heterocycles. The van der Waals surface area contributed by atoms with Crippen LogP contribution in [0.3, 0.4) is 0 Å². The van der Waals surface area contributed by atoms with Crippen molar-refractivity contribution < 1.29 is 19.1 Å². The number of hydrogen-bond donors (Lipinski definition) is 0. The number of carbonyl (C=O) groups excluding carboxylic acids is 2. The molecule has 2 aliphatic heterocycles. The lowest BCUT2D eigenvalue weighted by molar-refractivity contribution is 0.0719. The average molecular weight is 402 g/mol. The molecule has 0 bridgehead atoms. The third kappa shape index (κ3) is 3.34. The second-order valence-corrected chi connectivity index (χ2v) is 7.53. The smallest absolute Gasteiger partial charge is 0.254 e. The maximum absolute atomic E-state index is 13.2. The third-order valence-electron chi connectivity index (χ3n) is 5.71. The van der Waals surface area contributed by atoms with Crippen molar-refractivity contribution in [2.24, 2.45) is 0 Å². The minimum Gasteiger partial charge on any atom is -0.454 e. The van der Waals surface area contributed by atoms with Gasteiger partial charge in [-0.3, -0.25) is 9.59 Å². The van der Waals surface area contributed by atoms with Gasteiger partial charge in [0.1, 0.15) is 0 Å². The maximum atomic E-state index is 13.2. The molecular weight excluding hydrogens is 380 g/mol. The molecule has 0 radical (unpaired) electrons. The van der Waals surface area contributed by atoms with E-state index in [1.54, 1.807) is 18.2 Å². The Kier molecular flexibility index (Phi) is 4.75. The van der Waals surface area contributed by atoms with Gasteiger partial charge in [-0.2, -0.15) is 0 Å². The summed E-state index contributed by atoms with van der Waals surface area (Å²) < 4.78 is 10.7. The second-order valence-electron chi connectivity index (χ2n) is 7.53. The molecule has 1 fully saturated rings. The molecule has 152 valence electrons. The van der Waals surface area contributed by atoms with Crippen molar-refractivity contribution in [2.75, 3.05) is 33.0 Å². The summed E-state index contributed by atoms with van der Waals surface area (Å²) in [5, 5.41) is 2.01. The Hall–Kier alpha value is -3.54. The molecule has 2 aliphatic rings. The van der Waals surface area contributed by atoms with Crippen molar-refractivity contribution in [1.29, 1.82) is 0 Å². The highest BCUT2D eigenvalue weighted by atomic mass is 16.7. The summed E-state index contributed by atoms with van der Waals surface area (Å²) in [6.45, 7) is 2.45. The van der Waals surface area contributed by atoms with Gasteiger partial charge in [0, 0.05) is 37.3 Å². The van der Waals surface area contributed by atoms with E-state index in [-0.39, 0.29) is 18.6 Å². The minimum absolute atomic E-state index is 0.0178. The normalized spacial score (nSPS) is 15.9. The lowest BCUT2D eigenvalue weighted by Gasteiger charge is -2.23. The fourth-order valence-corrected chi connectivity index (χ4v) is 4.12. The van der Waals surface area contributed by atoms with Crippen LogP contribution in [0.4, 0.5) is 0 Å². The van der Waals surface area contributed by atoms with Crippen LogP contribution in [0, 0.1) is 0 Å². The van der Waals surface area contributed by atoms with E-state index in [2.05, 4.69) is 0 Å². The molecule has 0 unspecified atom stereocenters. The lowest BCUT2D eigenvalue weighted by atomic mass is 10.0. The molecule has 1 saturated heterocycles. The molecule has 0 saturated carbocycles. The molecule has 2 heterocycles. The van der Waals surface area contributed by atoms with Crippen LogP contribution in [-0.2, 0) is 0 Å². The summed E-state index contributed by atoms with van der Waals surface area (Å²) in [4.78, 5) is 29.9. The number of benzene rings is 3. The largest absolute Gasteiger partial charge is 0.454 e. The number of fused-ring (bicyclic) bond motifs is 2. The molecule has 3 aromatic carbocycles. The minimum atomic E-state index is -0.0484. The fraction of sp³-hybridized carbons (Fsp3) is 0.250. The Balaban J connectivity index is 1.31. The molecule has 5 rings (SSSR count). The lowest BCUT2D eigenvalue weighted by Crippen LogP contribution is -2.37. The Labute approximate surface area is 174 Å². The number of amides is 2. The maximum Gasteiger partial charge on any atom is 0.254 e. The van der Waals surface area contributed by atoms with Gasteiger partial charge in [-0.1, -0.05) is 36.4 Å². The van der Waals surface area contributed by atoms with Gasteiger partial charge in [-0.05, 0) is 41.5 Å². The van der Waals surface area contributed by atoms with Gasteiger partial charge in [0.2, 0.25) is 6.79 Å². The monoisotopic (exact) mass is 402 g/mol. The molecule has 0 aliphatic carbocycles. The van der Waals surface area contributed by atoms with Gasteiger partial charge in [0.05, 0.1) is 0 Å². The summed E-state index contributed by atoms with van der Waals surface area (Å²) in [6.07, 6.45) is 0.743. The van der Waals surface area contributed by atoms with E-state index >= 15 is 0 Å². The summed E-state index contributed by atoms with van der Waals surface area (Å²) in [6, 6.07) is 19.0. The van der Waals surface area contributed by atoms with Crippen LogP contribution in [0.5, 0.6) is 11.5 Å². The molecule has 0 spiro atoms. The van der Waals surface area contributed by atoms with Gasteiger partial charge < -0.3 is 19.3 Å². The van der Waals surface area contributed by atoms with E-state index in [1.807, 2.05) is 52.3 Å². The van der Waals surface area contributed by atoms with E-state index in [0.717, 1.165) is 17.2 Å². The number of ether oxygens (including phenoxy) is 2. The van der Waals surface area contributed by atoms with Gasteiger partial charge in [-0.25, -0.2) is 0 Å². The topological polar surface area (TPSA) is 59.1 Å². The highest BCUT2D eigenvalue weighted by Crippen LogP contribution is 2.33. The van der Waals surface area contributed by atoms with Crippen LogP contribution in [0.15, 0.2) is 60.7 Å². The molecule has 30 heavy (non-hydrogen) atoms. The first-order valence-corrected chi connectivity index (χ1v) is 10.2. The van der Waals surface area contributed by atoms with Crippen LogP contribution >= 0.6 is 0 Å². The number of hydrogen-bond acceptors (Lipinski definition) is 4. The Bertz CT molecular complexity index is 1120. The predicted molar refractivity (Wildman–Crippen MR) is 113 cm³/mol. The van der Waals surface area contributed by atoms with E-state index in [4.69, 9.17) is 9.47 Å². The van der Waals surface area contributed by atoms with E-state index in [9.17, 15) is 9.59 Å². The highest BCUT2D eigenvalue weighted by molar-refractivity contribution is 6.07. The van der Waals surface area contributed by atoms with Crippen LogP contribution in [-0.4, -0.2) is 54.6 Å². The number of rotatable bonds is 2. The number of nitrogens with zero attached hydrogens (tertiary/aromatic N) is 2. The molecule has 2 amide bonds. The average Bonchev–Trinajstić information content (AvgIpc) is 3.12. The molecule has 0 N–H and O–H groups in total. The van der Waals surface area contributed by atoms with Crippen LogP contribution in [0.25, 0.3) is 10.8 Å². The predicted octanol–water partition coefficient (Wildman–Crippen LogP) is 3.56. The molecule has 3 aromatic rings. The first-order chi connectivity index (χ1) is 14.7. The second kappa shape index (κ2) is 7.71. The molecular formula is C24H22N2O4. The van der Waals surface area contributed by atoms with Crippen LogP contribution in [0.2, 0.25) is 0 Å². The fourth-order valence-electron chi connectivity index (χ4n) is 4.12. The molecule has 0 atom stereocenters. The van der Waals surface area contributed by atoms with Gasteiger partial charge in [-0.15, -0.1) is 0 Å². The SMILES string of the molecule is O=C(c1ccc2c(c1)OCO2)N1CCCN(C(=O)c2cccc3ccccc23)CC1.